The van der Waals surface area contributed by atoms with Gasteiger partial charge in [0, 0.05) is 17.7 Å². The van der Waals surface area contributed by atoms with E-state index in [1.165, 1.54) is 0 Å². The molecule has 0 spiro atoms. The van der Waals surface area contributed by atoms with Gasteiger partial charge < -0.3 is 14.0 Å². The van der Waals surface area contributed by atoms with Gasteiger partial charge in [-0.15, -0.1) is 0 Å². The van der Waals surface area contributed by atoms with Crippen LogP contribution >= 0.6 is 0 Å². The normalized spacial score (nSPS) is 15.1. The first-order chi connectivity index (χ1) is 17.4. The van der Waals surface area contributed by atoms with Crippen molar-refractivity contribution in [2.24, 2.45) is 5.41 Å². The summed E-state index contributed by atoms with van der Waals surface area (Å²) < 4.78 is 14.0. The predicted octanol–water partition coefficient (Wildman–Crippen LogP) is 6.59. The number of carbonyl (C=O) groups is 2. The van der Waals surface area contributed by atoms with Gasteiger partial charge in [-0.05, 0) is 47.7 Å². The van der Waals surface area contributed by atoms with Crippen molar-refractivity contribution in [1.29, 1.82) is 0 Å². The van der Waals surface area contributed by atoms with Gasteiger partial charge in [0.1, 0.15) is 5.75 Å². The van der Waals surface area contributed by atoms with E-state index in [0.717, 1.165) is 16.9 Å². The third-order valence-electron chi connectivity index (χ3n) is 6.65. The average Bonchev–Trinajstić information content (AvgIpc) is 3.26. The van der Waals surface area contributed by atoms with Crippen LogP contribution in [0.3, 0.4) is 0 Å². The standard InChI is InChI=1S/C31H29NO4/c1-31(2)19-26-23(27(33)20-31)18-25(32(26)24-16-10-11-17-28(24)35-3)29(21-12-6-4-7-13-21)36-30(34)22-14-8-5-9-15-22/h4-18,29H,19-20H2,1-3H3. The molecule has 5 nitrogen and oxygen atoms in total. The molecular weight excluding hydrogens is 450 g/mol. The van der Waals surface area contributed by atoms with Gasteiger partial charge in [0.15, 0.2) is 11.9 Å². The fraction of sp³-hybridized carbons (Fsp3) is 0.226. The molecular formula is C31H29NO4. The lowest BCUT2D eigenvalue weighted by Crippen LogP contribution is -2.28. The van der Waals surface area contributed by atoms with Crippen molar-refractivity contribution in [3.05, 3.63) is 119 Å². The number of aromatic nitrogens is 1. The van der Waals surface area contributed by atoms with E-state index in [9.17, 15) is 9.59 Å². The maximum atomic E-state index is 13.3. The summed E-state index contributed by atoms with van der Waals surface area (Å²) >= 11 is 0. The highest BCUT2D eigenvalue weighted by atomic mass is 16.5. The number of ketones is 1. The number of benzene rings is 3. The number of nitrogens with zero attached hydrogens (tertiary/aromatic N) is 1. The molecule has 0 amide bonds. The Morgan fingerprint density at radius 1 is 0.889 bits per heavy atom. The van der Waals surface area contributed by atoms with Crippen LogP contribution in [0.25, 0.3) is 5.69 Å². The molecule has 0 fully saturated rings. The minimum Gasteiger partial charge on any atom is -0.495 e. The van der Waals surface area contributed by atoms with Gasteiger partial charge in [-0.25, -0.2) is 4.79 Å². The molecule has 0 saturated heterocycles. The van der Waals surface area contributed by atoms with Gasteiger partial charge >= 0.3 is 5.97 Å². The number of fused-ring (bicyclic) bond motifs is 1. The number of carbonyl (C=O) groups excluding carboxylic acids is 2. The summed E-state index contributed by atoms with van der Waals surface area (Å²) in [7, 11) is 1.63. The van der Waals surface area contributed by atoms with Crippen LogP contribution in [0, 0.1) is 5.41 Å². The highest BCUT2D eigenvalue weighted by molar-refractivity contribution is 5.99. The number of para-hydroxylation sites is 2. The summed E-state index contributed by atoms with van der Waals surface area (Å²) in [6.45, 7) is 4.22. The Bertz CT molecular complexity index is 1400. The zero-order valence-electron chi connectivity index (χ0n) is 20.7. The van der Waals surface area contributed by atoms with Crippen LogP contribution in [0.1, 0.15) is 64.0 Å². The van der Waals surface area contributed by atoms with E-state index in [1.54, 1.807) is 19.2 Å². The molecule has 0 aliphatic heterocycles. The first-order valence-electron chi connectivity index (χ1n) is 12.1. The van der Waals surface area contributed by atoms with Crippen molar-refractivity contribution in [3.63, 3.8) is 0 Å². The third kappa shape index (κ3) is 4.44. The van der Waals surface area contributed by atoms with E-state index in [2.05, 4.69) is 18.4 Å². The number of Topliss-reactive ketones (excluding diaryl/α,β-unsaturated/α-hetero) is 1. The van der Waals surface area contributed by atoms with Crippen molar-refractivity contribution in [2.75, 3.05) is 7.11 Å². The van der Waals surface area contributed by atoms with Gasteiger partial charge in [-0.3, -0.25) is 4.79 Å². The summed E-state index contributed by atoms with van der Waals surface area (Å²) in [4.78, 5) is 26.6. The van der Waals surface area contributed by atoms with E-state index in [4.69, 9.17) is 9.47 Å². The Balaban J connectivity index is 1.74. The lowest BCUT2D eigenvalue weighted by atomic mass is 9.76. The number of esters is 1. The molecule has 0 saturated carbocycles. The Morgan fingerprint density at radius 3 is 2.22 bits per heavy atom. The van der Waals surface area contributed by atoms with E-state index >= 15 is 0 Å². The zero-order chi connectivity index (χ0) is 25.3. The van der Waals surface area contributed by atoms with Crippen LogP contribution in [0.5, 0.6) is 5.75 Å². The molecule has 3 aromatic carbocycles. The number of methoxy groups -OCH3 is 1. The number of rotatable bonds is 6. The number of hydrogen-bond donors (Lipinski definition) is 0. The summed E-state index contributed by atoms with van der Waals surface area (Å²) in [6.07, 6.45) is 0.445. The SMILES string of the molecule is COc1ccccc1-n1c(C(OC(=O)c2ccccc2)c2ccccc2)cc2c1CC(C)(C)CC2=O. The van der Waals surface area contributed by atoms with Crippen molar-refractivity contribution in [3.8, 4) is 11.4 Å². The lowest BCUT2D eigenvalue weighted by molar-refractivity contribution is 0.0367. The Kier molecular flexibility index (Phi) is 6.23. The second-order valence-electron chi connectivity index (χ2n) is 9.94. The quantitative estimate of drug-likeness (QED) is 0.293. The lowest BCUT2D eigenvalue weighted by Gasteiger charge is -2.30. The van der Waals surface area contributed by atoms with Crippen molar-refractivity contribution in [1.82, 2.24) is 4.57 Å². The molecule has 0 N–H and O–H groups in total. The topological polar surface area (TPSA) is 57.5 Å². The summed E-state index contributed by atoms with van der Waals surface area (Å²) in [6, 6.07) is 28.2. The average molecular weight is 480 g/mol. The monoisotopic (exact) mass is 479 g/mol. The van der Waals surface area contributed by atoms with Crippen LogP contribution in [0.2, 0.25) is 0 Å². The van der Waals surface area contributed by atoms with Crippen molar-refractivity contribution < 1.29 is 19.1 Å². The first-order valence-corrected chi connectivity index (χ1v) is 12.1. The van der Waals surface area contributed by atoms with Crippen molar-refractivity contribution in [2.45, 2.75) is 32.8 Å². The van der Waals surface area contributed by atoms with E-state index in [0.29, 0.717) is 35.4 Å². The summed E-state index contributed by atoms with van der Waals surface area (Å²) in [5.74, 6) is 0.341. The van der Waals surface area contributed by atoms with Crippen LogP contribution in [-0.4, -0.2) is 23.4 Å². The molecule has 5 heteroatoms. The smallest absolute Gasteiger partial charge is 0.339 e. The van der Waals surface area contributed by atoms with Crippen LogP contribution < -0.4 is 4.74 Å². The minimum absolute atomic E-state index is 0.0948. The Morgan fingerprint density at radius 2 is 1.53 bits per heavy atom. The predicted molar refractivity (Wildman–Crippen MR) is 139 cm³/mol. The maximum Gasteiger partial charge on any atom is 0.339 e. The summed E-state index contributed by atoms with van der Waals surface area (Å²) in [5.41, 5.74) is 4.20. The van der Waals surface area contributed by atoms with E-state index < -0.39 is 12.1 Å². The molecule has 1 unspecified atom stereocenters. The molecule has 182 valence electrons. The van der Waals surface area contributed by atoms with Crippen molar-refractivity contribution >= 4 is 11.8 Å². The van der Waals surface area contributed by atoms with Gasteiger partial charge in [-0.2, -0.15) is 0 Å². The maximum absolute atomic E-state index is 13.3. The zero-order valence-corrected chi connectivity index (χ0v) is 20.7. The highest BCUT2D eigenvalue weighted by Crippen LogP contribution is 2.42. The summed E-state index contributed by atoms with van der Waals surface area (Å²) in [5, 5.41) is 0. The number of ether oxygens (including phenoxy) is 2. The minimum atomic E-state index is -0.731. The Labute approximate surface area is 211 Å². The van der Waals surface area contributed by atoms with Crippen LogP contribution in [0.15, 0.2) is 91.0 Å². The molecule has 1 heterocycles. The molecule has 5 rings (SSSR count). The van der Waals surface area contributed by atoms with E-state index in [-0.39, 0.29) is 11.2 Å². The molecule has 1 aromatic heterocycles. The molecule has 1 aliphatic rings. The van der Waals surface area contributed by atoms with Gasteiger partial charge in [0.25, 0.3) is 0 Å². The first kappa shape index (κ1) is 23.6. The molecule has 1 atom stereocenters. The van der Waals surface area contributed by atoms with Gasteiger partial charge in [0.05, 0.1) is 24.1 Å². The molecule has 1 aliphatic carbocycles. The van der Waals surface area contributed by atoms with Gasteiger partial charge in [0.2, 0.25) is 0 Å². The second kappa shape index (κ2) is 9.50. The second-order valence-corrected chi connectivity index (χ2v) is 9.94. The fourth-order valence-electron chi connectivity index (χ4n) is 5.00. The number of hydrogen-bond acceptors (Lipinski definition) is 4. The fourth-order valence-corrected chi connectivity index (χ4v) is 5.00. The Hall–Kier alpha value is -4.12. The highest BCUT2D eigenvalue weighted by Gasteiger charge is 2.37. The van der Waals surface area contributed by atoms with Crippen LogP contribution in [0.4, 0.5) is 0 Å². The largest absolute Gasteiger partial charge is 0.495 e. The molecule has 0 radical (unpaired) electrons. The van der Waals surface area contributed by atoms with Crippen LogP contribution in [-0.2, 0) is 11.2 Å². The molecule has 4 aromatic rings. The third-order valence-corrected chi connectivity index (χ3v) is 6.65. The molecule has 36 heavy (non-hydrogen) atoms. The van der Waals surface area contributed by atoms with E-state index in [1.807, 2.05) is 78.9 Å². The molecule has 0 bridgehead atoms. The van der Waals surface area contributed by atoms with Gasteiger partial charge in [-0.1, -0.05) is 74.5 Å².